The van der Waals surface area contributed by atoms with Crippen LogP contribution >= 0.6 is 0 Å². The van der Waals surface area contributed by atoms with E-state index in [1.54, 1.807) is 11.0 Å². The lowest BCUT2D eigenvalue weighted by Gasteiger charge is -2.39. The second-order valence-corrected chi connectivity index (χ2v) is 10.7. The van der Waals surface area contributed by atoms with Crippen LogP contribution < -0.4 is 4.74 Å². The van der Waals surface area contributed by atoms with Crippen molar-refractivity contribution in [2.45, 2.75) is 31.4 Å². The Balaban J connectivity index is 1.23. The highest BCUT2D eigenvalue weighted by atomic mass is 19.1. The summed E-state index contributed by atoms with van der Waals surface area (Å²) in [5.41, 5.74) is 4.24. The molecular weight excluding hydrogens is 485 g/mol. The first-order valence-electron chi connectivity index (χ1n) is 13.0. The lowest BCUT2D eigenvalue weighted by molar-refractivity contribution is -0.136. The molecule has 0 spiro atoms. The summed E-state index contributed by atoms with van der Waals surface area (Å²) < 4.78 is 19.7. The van der Waals surface area contributed by atoms with Crippen molar-refractivity contribution in [3.8, 4) is 22.9 Å². The van der Waals surface area contributed by atoms with Crippen LogP contribution in [0, 0.1) is 29.0 Å². The number of aromatic nitrogens is 2. The van der Waals surface area contributed by atoms with Crippen LogP contribution in [0.15, 0.2) is 36.5 Å². The van der Waals surface area contributed by atoms with Gasteiger partial charge in [-0.05, 0) is 60.9 Å². The Morgan fingerprint density at radius 2 is 2.16 bits per heavy atom. The Hall–Kier alpha value is -3.74. The van der Waals surface area contributed by atoms with Crippen LogP contribution in [0.1, 0.15) is 30.5 Å². The highest BCUT2D eigenvalue weighted by Gasteiger charge is 2.39. The number of benzene rings is 1. The second-order valence-electron chi connectivity index (χ2n) is 10.7. The third-order valence-electron chi connectivity index (χ3n) is 8.41. The van der Waals surface area contributed by atoms with Gasteiger partial charge in [0, 0.05) is 54.6 Å². The number of likely N-dealkylation sites (N-methyl/N-ethyl adjacent to an activating group) is 1. The molecule has 6 rings (SSSR count). The Kier molecular flexibility index (Phi) is 6.17. The van der Waals surface area contributed by atoms with Crippen LogP contribution in [0.5, 0.6) is 5.75 Å². The van der Waals surface area contributed by atoms with Gasteiger partial charge in [-0.25, -0.2) is 9.37 Å². The SMILES string of the molecule is COc1ccc(F)cc1-c1c(C#N)cnc2[nH]c(C3=CC4CN(CC(=O)N(C)C5CC(O)C5)CC4C3)cc12. The maximum atomic E-state index is 14.2. The number of aromatic amines is 1. The summed E-state index contributed by atoms with van der Waals surface area (Å²) in [5, 5.41) is 20.1. The number of methoxy groups -OCH3 is 1. The topological polar surface area (TPSA) is 105 Å². The van der Waals surface area contributed by atoms with E-state index in [1.165, 1.54) is 31.0 Å². The highest BCUT2D eigenvalue weighted by Crippen LogP contribution is 2.43. The molecule has 196 valence electrons. The lowest BCUT2D eigenvalue weighted by Crippen LogP contribution is -2.50. The van der Waals surface area contributed by atoms with Crippen LogP contribution in [0.3, 0.4) is 0 Å². The molecule has 2 atom stereocenters. The fourth-order valence-corrected chi connectivity index (χ4v) is 6.21. The van der Waals surface area contributed by atoms with E-state index in [0.29, 0.717) is 59.3 Å². The molecule has 2 fully saturated rings. The molecule has 2 aliphatic carbocycles. The normalized spacial score (nSPS) is 24.6. The summed E-state index contributed by atoms with van der Waals surface area (Å²) in [7, 11) is 3.36. The van der Waals surface area contributed by atoms with E-state index in [1.807, 2.05) is 13.1 Å². The van der Waals surface area contributed by atoms with E-state index in [9.17, 15) is 19.6 Å². The molecule has 3 heterocycles. The number of aliphatic hydroxyl groups is 1. The zero-order chi connectivity index (χ0) is 26.6. The van der Waals surface area contributed by atoms with E-state index in [4.69, 9.17) is 4.74 Å². The number of nitriles is 1. The van der Waals surface area contributed by atoms with Gasteiger partial charge in [0.2, 0.25) is 5.91 Å². The minimum atomic E-state index is -0.406. The van der Waals surface area contributed by atoms with Crippen LogP contribution in [0.2, 0.25) is 0 Å². The van der Waals surface area contributed by atoms with Crippen molar-refractivity contribution >= 4 is 22.5 Å². The average Bonchev–Trinajstić information content (AvgIpc) is 3.58. The summed E-state index contributed by atoms with van der Waals surface area (Å²) in [5.74, 6) is 0.995. The van der Waals surface area contributed by atoms with E-state index in [-0.39, 0.29) is 18.1 Å². The van der Waals surface area contributed by atoms with Crippen LogP contribution in [0.4, 0.5) is 4.39 Å². The van der Waals surface area contributed by atoms with Gasteiger partial charge in [-0.1, -0.05) is 6.08 Å². The van der Waals surface area contributed by atoms with Crippen LogP contribution in [-0.2, 0) is 4.79 Å². The van der Waals surface area contributed by atoms with Gasteiger partial charge in [0.1, 0.15) is 23.3 Å². The predicted octanol–water partition coefficient (Wildman–Crippen LogP) is 3.57. The number of nitrogens with one attached hydrogen (secondary N) is 1. The number of likely N-dealkylation sites (tertiary alicyclic amines) is 1. The maximum absolute atomic E-state index is 14.2. The van der Waals surface area contributed by atoms with Gasteiger partial charge in [0.15, 0.2) is 0 Å². The molecule has 38 heavy (non-hydrogen) atoms. The van der Waals surface area contributed by atoms with Crippen LogP contribution in [-0.4, -0.2) is 76.7 Å². The number of aliphatic hydroxyl groups excluding tert-OH is 1. The molecule has 2 aromatic heterocycles. The molecule has 1 amide bonds. The first-order chi connectivity index (χ1) is 18.3. The number of pyridine rings is 1. The highest BCUT2D eigenvalue weighted by molar-refractivity contribution is 5.99. The van der Waals surface area contributed by atoms with Gasteiger partial charge < -0.3 is 19.7 Å². The third-order valence-corrected chi connectivity index (χ3v) is 8.41. The number of nitrogens with zero attached hydrogens (tertiary/aromatic N) is 4. The Labute approximate surface area is 220 Å². The second kappa shape index (κ2) is 9.53. The molecule has 8 nitrogen and oxygen atoms in total. The van der Waals surface area contributed by atoms with Gasteiger partial charge in [-0.15, -0.1) is 0 Å². The summed E-state index contributed by atoms with van der Waals surface area (Å²) in [6.07, 6.45) is 5.75. The molecule has 3 aliphatic rings. The van der Waals surface area contributed by atoms with Crippen molar-refractivity contribution in [3.63, 3.8) is 0 Å². The Morgan fingerprint density at radius 3 is 2.87 bits per heavy atom. The molecule has 2 unspecified atom stereocenters. The molecule has 9 heteroatoms. The first kappa shape index (κ1) is 24.6. The first-order valence-corrected chi connectivity index (χ1v) is 13.0. The molecule has 1 saturated carbocycles. The molecule has 1 aliphatic heterocycles. The van der Waals surface area contributed by atoms with Gasteiger partial charge >= 0.3 is 0 Å². The number of amides is 1. The summed E-state index contributed by atoms with van der Waals surface area (Å²) >= 11 is 0. The smallest absolute Gasteiger partial charge is 0.236 e. The largest absolute Gasteiger partial charge is 0.496 e. The number of halogens is 1. The minimum absolute atomic E-state index is 0.112. The standard InChI is InChI=1S/C29H30FN5O3/c1-34(21-8-22(36)9-21)27(37)15-35-13-17-5-16(6-18(17)14-35)25-10-24-28(19(11-31)12-32-29(24)33-25)23-7-20(30)3-4-26(23)38-2/h3-5,7,10,12,17-18,21-22,36H,6,8-9,13-15H2,1-2H3,(H,32,33). The van der Waals surface area contributed by atoms with Gasteiger partial charge in [0.25, 0.3) is 0 Å². The number of H-pyrrole nitrogens is 1. The molecule has 0 radical (unpaired) electrons. The van der Waals surface area contributed by atoms with Crippen molar-refractivity contribution < 1.29 is 19.0 Å². The average molecular weight is 516 g/mol. The van der Waals surface area contributed by atoms with Crippen molar-refractivity contribution in [2.75, 3.05) is 33.8 Å². The third kappa shape index (κ3) is 4.24. The van der Waals surface area contributed by atoms with E-state index in [2.05, 4.69) is 27.0 Å². The number of hydrogen-bond acceptors (Lipinski definition) is 6. The number of hydrogen-bond donors (Lipinski definition) is 2. The minimum Gasteiger partial charge on any atom is -0.496 e. The van der Waals surface area contributed by atoms with E-state index in [0.717, 1.165) is 30.6 Å². The van der Waals surface area contributed by atoms with E-state index < -0.39 is 5.82 Å². The van der Waals surface area contributed by atoms with Crippen molar-refractivity contribution in [1.29, 1.82) is 5.26 Å². The maximum Gasteiger partial charge on any atom is 0.236 e. The van der Waals surface area contributed by atoms with Crippen molar-refractivity contribution in [1.82, 2.24) is 19.8 Å². The number of carbonyl (C=O) groups excluding carboxylic acids is 1. The van der Waals surface area contributed by atoms with Gasteiger partial charge in [-0.3, -0.25) is 9.69 Å². The van der Waals surface area contributed by atoms with Gasteiger partial charge in [-0.2, -0.15) is 5.26 Å². The summed E-state index contributed by atoms with van der Waals surface area (Å²) in [6.45, 7) is 2.11. The molecule has 3 aromatic rings. The quantitative estimate of drug-likeness (QED) is 0.520. The number of fused-ring (bicyclic) bond motifs is 2. The molecule has 2 N–H and O–H groups in total. The molecule has 1 saturated heterocycles. The fourth-order valence-electron chi connectivity index (χ4n) is 6.21. The number of allylic oxidation sites excluding steroid dienone is 1. The lowest BCUT2D eigenvalue weighted by atomic mass is 9.88. The number of rotatable bonds is 6. The van der Waals surface area contributed by atoms with Crippen molar-refractivity contribution in [3.05, 3.63) is 53.6 Å². The summed E-state index contributed by atoms with van der Waals surface area (Å²) in [6, 6.07) is 8.64. The molecule has 1 aromatic carbocycles. The van der Waals surface area contributed by atoms with Crippen molar-refractivity contribution in [2.24, 2.45) is 11.8 Å². The summed E-state index contributed by atoms with van der Waals surface area (Å²) in [4.78, 5) is 24.6. The molecule has 0 bridgehead atoms. The fraction of sp³-hybridized carbons (Fsp3) is 0.414. The van der Waals surface area contributed by atoms with E-state index >= 15 is 0 Å². The Morgan fingerprint density at radius 1 is 1.34 bits per heavy atom. The molecular formula is C29H30FN5O3. The van der Waals surface area contributed by atoms with Crippen LogP contribution in [0.25, 0.3) is 27.7 Å². The monoisotopic (exact) mass is 515 g/mol. The number of ether oxygens (including phenoxy) is 1. The zero-order valence-electron chi connectivity index (χ0n) is 21.4. The van der Waals surface area contributed by atoms with Gasteiger partial charge in [0.05, 0.1) is 25.3 Å². The Bertz CT molecular complexity index is 1490. The number of carbonyl (C=O) groups is 1. The zero-order valence-corrected chi connectivity index (χ0v) is 21.4. The predicted molar refractivity (Wildman–Crippen MR) is 141 cm³/mol.